The molecule has 0 aromatic heterocycles. The maximum atomic E-state index is 12.8. The van der Waals surface area contributed by atoms with Crippen LogP contribution in [-0.2, 0) is 14.0 Å². The average Bonchev–Trinajstić information content (AvgIpc) is 3.35. The van der Waals surface area contributed by atoms with Crippen molar-refractivity contribution in [2.75, 3.05) is 7.11 Å². The first-order chi connectivity index (χ1) is 12.5. The lowest BCUT2D eigenvalue weighted by molar-refractivity contribution is -0.146. The Morgan fingerprint density at radius 2 is 1.59 bits per heavy atom. The minimum absolute atomic E-state index is 0.0590. The summed E-state index contributed by atoms with van der Waals surface area (Å²) in [5.41, 5.74) is 1.63. The second-order valence-corrected chi connectivity index (χ2v) is 14.9. The Morgan fingerprint density at radius 1 is 1.11 bits per heavy atom. The zero-order valence-corrected chi connectivity index (χ0v) is 20.2. The van der Waals surface area contributed by atoms with E-state index in [1.165, 1.54) is 7.11 Å². The van der Waals surface area contributed by atoms with Gasteiger partial charge in [0.25, 0.3) is 8.32 Å². The first-order valence-corrected chi connectivity index (χ1v) is 12.7. The number of carbonyl (C=O) groups is 1. The fraction of sp³-hybridized carbons (Fsp3) is 0.591. The van der Waals surface area contributed by atoms with Gasteiger partial charge in [-0.25, -0.2) is 0 Å². The molecule has 0 spiro atoms. The molecule has 27 heavy (non-hydrogen) atoms. The number of carbonyl (C=O) groups excluding carboxylic acids is 1. The van der Waals surface area contributed by atoms with E-state index in [-0.39, 0.29) is 11.9 Å². The molecule has 1 aliphatic rings. The van der Waals surface area contributed by atoms with Crippen molar-refractivity contribution in [2.24, 2.45) is 5.41 Å². The Bertz CT molecular complexity index is 674. The van der Waals surface area contributed by atoms with Crippen molar-refractivity contribution in [1.29, 1.82) is 0 Å². The van der Waals surface area contributed by atoms with E-state index in [0.29, 0.717) is 28.8 Å². The van der Waals surface area contributed by atoms with Crippen LogP contribution in [0.1, 0.15) is 59.4 Å². The third-order valence-electron chi connectivity index (χ3n) is 6.29. The summed E-state index contributed by atoms with van der Waals surface area (Å²) >= 11 is 3.47. The van der Waals surface area contributed by atoms with Gasteiger partial charge < -0.3 is 9.16 Å². The highest BCUT2D eigenvalue weighted by Crippen LogP contribution is 2.65. The lowest BCUT2D eigenvalue weighted by atomic mass is 9.97. The topological polar surface area (TPSA) is 35.5 Å². The van der Waals surface area contributed by atoms with Gasteiger partial charge in [0.15, 0.2) is 0 Å². The van der Waals surface area contributed by atoms with Gasteiger partial charge in [-0.1, -0.05) is 76.2 Å². The smallest absolute Gasteiger partial charge is 0.320 e. The number of hydrogen-bond donors (Lipinski definition) is 0. The predicted molar refractivity (Wildman–Crippen MR) is 117 cm³/mol. The molecule has 1 fully saturated rings. The highest BCUT2D eigenvalue weighted by Gasteiger charge is 2.66. The van der Waals surface area contributed by atoms with Gasteiger partial charge in [0.1, 0.15) is 5.41 Å². The second-order valence-electron chi connectivity index (χ2n) is 8.61. The summed E-state index contributed by atoms with van der Waals surface area (Å²) in [6.45, 7) is 17.7. The molecule has 3 nitrogen and oxygen atoms in total. The largest absolute Gasteiger partial charge is 0.545 e. The van der Waals surface area contributed by atoms with Gasteiger partial charge in [-0.05, 0) is 40.7 Å². The van der Waals surface area contributed by atoms with E-state index >= 15 is 0 Å². The van der Waals surface area contributed by atoms with Crippen molar-refractivity contribution in [3.63, 3.8) is 0 Å². The highest BCUT2D eigenvalue weighted by atomic mass is 79.9. The first-order valence-electron chi connectivity index (χ1n) is 9.76. The van der Waals surface area contributed by atoms with Crippen LogP contribution in [0, 0.1) is 5.41 Å². The molecule has 0 aliphatic heterocycles. The Kier molecular flexibility index (Phi) is 6.68. The molecule has 2 rings (SSSR count). The number of methoxy groups -OCH3 is 1. The van der Waals surface area contributed by atoms with Gasteiger partial charge >= 0.3 is 5.97 Å². The molecule has 0 amide bonds. The number of hydrogen-bond acceptors (Lipinski definition) is 3. The summed E-state index contributed by atoms with van der Waals surface area (Å²) in [6, 6.07) is 8.14. The van der Waals surface area contributed by atoms with Gasteiger partial charge in [-0.3, -0.25) is 4.79 Å². The molecular formula is C22H33BrO3Si. The highest BCUT2D eigenvalue weighted by molar-refractivity contribution is 9.10. The van der Waals surface area contributed by atoms with Crippen molar-refractivity contribution >= 4 is 30.2 Å². The van der Waals surface area contributed by atoms with E-state index in [1.807, 2.05) is 12.1 Å². The van der Waals surface area contributed by atoms with Crippen LogP contribution in [-0.4, -0.2) is 21.4 Å². The van der Waals surface area contributed by atoms with Crippen LogP contribution >= 0.6 is 15.9 Å². The zero-order valence-electron chi connectivity index (χ0n) is 17.6. The monoisotopic (exact) mass is 452 g/mol. The number of rotatable bonds is 8. The Morgan fingerprint density at radius 3 is 2.00 bits per heavy atom. The summed E-state index contributed by atoms with van der Waals surface area (Å²) in [5, 5.41) is 0. The minimum Gasteiger partial charge on any atom is -0.545 e. The molecule has 1 saturated carbocycles. The molecule has 1 aliphatic carbocycles. The SMILES string of the molecule is C=C(O[Si](C(C)C)(C(C)C)C(C)C)[C@@]1(C(=O)OC)C[C@H]1c1ccc(Br)cc1. The predicted octanol–water partition coefficient (Wildman–Crippen LogP) is 6.80. The molecule has 150 valence electrons. The molecule has 2 atom stereocenters. The second kappa shape index (κ2) is 8.12. The number of benzene rings is 1. The van der Waals surface area contributed by atoms with Gasteiger partial charge in [-0.15, -0.1) is 0 Å². The summed E-state index contributed by atoms with van der Waals surface area (Å²) < 4.78 is 13.0. The lowest BCUT2D eigenvalue weighted by Gasteiger charge is -2.43. The fourth-order valence-electron chi connectivity index (χ4n) is 4.85. The molecule has 5 heteroatoms. The fourth-order valence-corrected chi connectivity index (χ4v) is 10.4. The maximum absolute atomic E-state index is 12.8. The minimum atomic E-state index is -2.17. The van der Waals surface area contributed by atoms with Crippen LogP contribution in [0.5, 0.6) is 0 Å². The summed E-state index contributed by atoms with van der Waals surface area (Å²) in [7, 11) is -0.723. The van der Waals surface area contributed by atoms with Crippen molar-refractivity contribution in [3.05, 3.63) is 46.6 Å². The van der Waals surface area contributed by atoms with Crippen molar-refractivity contribution in [3.8, 4) is 0 Å². The van der Waals surface area contributed by atoms with Crippen LogP contribution in [0.2, 0.25) is 16.6 Å². The molecular weight excluding hydrogens is 420 g/mol. The van der Waals surface area contributed by atoms with Crippen LogP contribution in [0.15, 0.2) is 41.1 Å². The van der Waals surface area contributed by atoms with Gasteiger partial charge in [-0.2, -0.15) is 0 Å². The van der Waals surface area contributed by atoms with Crippen molar-refractivity contribution in [1.82, 2.24) is 0 Å². The lowest BCUT2D eigenvalue weighted by Crippen LogP contribution is -2.48. The molecule has 0 saturated heterocycles. The first kappa shape index (κ1) is 22.2. The number of halogens is 1. The molecule has 1 aromatic rings. The zero-order chi connectivity index (χ0) is 20.6. The van der Waals surface area contributed by atoms with Gasteiger partial charge in [0.05, 0.1) is 12.9 Å². The number of esters is 1. The van der Waals surface area contributed by atoms with Gasteiger partial charge in [0, 0.05) is 10.4 Å². The van der Waals surface area contributed by atoms with E-state index in [0.717, 1.165) is 10.0 Å². The molecule has 0 radical (unpaired) electrons. The van der Waals surface area contributed by atoms with Crippen LogP contribution in [0.4, 0.5) is 0 Å². The van der Waals surface area contributed by atoms with Crippen LogP contribution in [0.3, 0.4) is 0 Å². The average molecular weight is 453 g/mol. The molecule has 0 N–H and O–H groups in total. The van der Waals surface area contributed by atoms with Gasteiger partial charge in [0.2, 0.25) is 0 Å². The molecule has 0 heterocycles. The third kappa shape index (κ3) is 3.77. The normalized spacial score (nSPS) is 22.3. The standard InChI is InChI=1S/C22H33BrO3Si/c1-14(2)27(15(3)4,16(5)6)26-17(7)22(21(24)25-8)13-20(22)18-9-11-19(23)12-10-18/h9-12,14-16,20H,7,13H2,1-6,8H3/t20-,22-/m0/s1. The molecule has 0 bridgehead atoms. The Balaban J connectivity index is 2.40. The molecule has 1 aromatic carbocycles. The van der Waals surface area contributed by atoms with E-state index in [1.54, 1.807) is 0 Å². The Labute approximate surface area is 173 Å². The van der Waals surface area contributed by atoms with E-state index in [9.17, 15) is 4.79 Å². The third-order valence-corrected chi connectivity index (χ3v) is 12.8. The summed E-state index contributed by atoms with van der Waals surface area (Å²) in [6.07, 6.45) is 0.693. The van der Waals surface area contributed by atoms with E-state index in [2.05, 4.69) is 76.2 Å². The number of ether oxygens (including phenoxy) is 1. The van der Waals surface area contributed by atoms with Crippen LogP contribution in [0.25, 0.3) is 0 Å². The summed E-state index contributed by atoms with van der Waals surface area (Å²) in [5.74, 6) is 0.424. The van der Waals surface area contributed by atoms with E-state index in [4.69, 9.17) is 9.16 Å². The van der Waals surface area contributed by atoms with E-state index < -0.39 is 13.7 Å². The molecule has 0 unspecified atom stereocenters. The Hall–Kier alpha value is -1.07. The maximum Gasteiger partial charge on any atom is 0.320 e. The van der Waals surface area contributed by atoms with Crippen molar-refractivity contribution < 1.29 is 14.0 Å². The van der Waals surface area contributed by atoms with Crippen LogP contribution < -0.4 is 0 Å². The van der Waals surface area contributed by atoms with Crippen molar-refractivity contribution in [2.45, 2.75) is 70.5 Å². The quantitative estimate of drug-likeness (QED) is 0.247. The summed E-state index contributed by atoms with van der Waals surface area (Å²) in [4.78, 5) is 12.8.